The molecule has 4 rings (SSSR count). The molecule has 2 heteroatoms. The Bertz CT molecular complexity index is 898. The lowest BCUT2D eigenvalue weighted by molar-refractivity contribution is -0.000616. The van der Waals surface area contributed by atoms with Crippen molar-refractivity contribution in [2.75, 3.05) is 13.1 Å². The summed E-state index contributed by atoms with van der Waals surface area (Å²) in [4.78, 5) is 2.51. The predicted molar refractivity (Wildman–Crippen MR) is 121 cm³/mol. The molecule has 0 spiro atoms. The van der Waals surface area contributed by atoms with Gasteiger partial charge in [-0.25, -0.2) is 0 Å². The van der Waals surface area contributed by atoms with Gasteiger partial charge in [-0.2, -0.15) is 0 Å². The summed E-state index contributed by atoms with van der Waals surface area (Å²) < 4.78 is 6.47. The van der Waals surface area contributed by atoms with E-state index in [9.17, 15) is 0 Å². The molecule has 29 heavy (non-hydrogen) atoms. The predicted octanol–water partition coefficient (Wildman–Crippen LogP) is 6.15. The van der Waals surface area contributed by atoms with Gasteiger partial charge in [-0.3, -0.25) is 4.90 Å². The molecule has 0 aromatic heterocycles. The van der Waals surface area contributed by atoms with E-state index in [0.29, 0.717) is 0 Å². The van der Waals surface area contributed by atoms with E-state index in [0.717, 1.165) is 18.8 Å². The van der Waals surface area contributed by atoms with Crippen LogP contribution in [0.15, 0.2) is 78.9 Å². The third-order valence-electron chi connectivity index (χ3n) is 5.71. The molecule has 0 saturated carbocycles. The van der Waals surface area contributed by atoms with E-state index in [-0.39, 0.29) is 17.6 Å². The fourth-order valence-electron chi connectivity index (χ4n) is 4.15. The number of hydrogen-bond donors (Lipinski definition) is 0. The number of aryl methyl sites for hydroxylation is 1. The van der Waals surface area contributed by atoms with Gasteiger partial charge in [0.15, 0.2) is 0 Å². The molecule has 1 aliphatic heterocycles. The minimum Gasteiger partial charge on any atom is -0.487 e. The Morgan fingerprint density at radius 2 is 1.38 bits per heavy atom. The van der Waals surface area contributed by atoms with E-state index >= 15 is 0 Å². The van der Waals surface area contributed by atoms with Gasteiger partial charge in [-0.05, 0) is 35.1 Å². The first-order valence-electron chi connectivity index (χ1n) is 10.5. The van der Waals surface area contributed by atoms with E-state index in [1.807, 2.05) is 0 Å². The summed E-state index contributed by atoms with van der Waals surface area (Å²) in [5.74, 6) is 1.03. The number of hydrogen-bond acceptors (Lipinski definition) is 2. The maximum Gasteiger partial charge on any atom is 0.124 e. The molecule has 1 heterocycles. The van der Waals surface area contributed by atoms with E-state index in [4.69, 9.17) is 4.74 Å². The number of ether oxygens (including phenoxy) is 1. The molecule has 150 valence electrons. The Kier molecular flexibility index (Phi) is 5.47. The first-order valence-corrected chi connectivity index (χ1v) is 10.5. The smallest absolute Gasteiger partial charge is 0.124 e. The first-order chi connectivity index (χ1) is 13.9. The van der Waals surface area contributed by atoms with Crippen LogP contribution in [0.5, 0.6) is 5.75 Å². The second-order valence-electron chi connectivity index (χ2n) is 9.17. The highest BCUT2D eigenvalue weighted by Gasteiger charge is 2.36. The maximum absolute atomic E-state index is 6.47. The van der Waals surface area contributed by atoms with Gasteiger partial charge >= 0.3 is 0 Å². The average molecular weight is 386 g/mol. The molecule has 3 aromatic carbocycles. The molecule has 1 fully saturated rings. The molecule has 0 aliphatic carbocycles. The SMILES string of the molecule is Cc1ccc(OC2CN(C(c3ccccc3)c3ccccc3)C2)c(C(C)(C)C)c1. The molecular formula is C27H31NO. The van der Waals surface area contributed by atoms with Crippen molar-refractivity contribution < 1.29 is 4.74 Å². The molecule has 2 nitrogen and oxygen atoms in total. The lowest BCUT2D eigenvalue weighted by Crippen LogP contribution is -2.55. The zero-order valence-electron chi connectivity index (χ0n) is 17.9. The highest BCUT2D eigenvalue weighted by molar-refractivity contribution is 5.41. The summed E-state index contributed by atoms with van der Waals surface area (Å²) in [6.45, 7) is 10.8. The van der Waals surface area contributed by atoms with Crippen LogP contribution in [0.3, 0.4) is 0 Å². The van der Waals surface area contributed by atoms with Gasteiger partial charge in [0.1, 0.15) is 11.9 Å². The zero-order valence-corrected chi connectivity index (χ0v) is 17.9. The minimum atomic E-state index is 0.0708. The van der Waals surface area contributed by atoms with Crippen molar-refractivity contribution in [3.63, 3.8) is 0 Å². The summed E-state index contributed by atoms with van der Waals surface area (Å²) in [6.07, 6.45) is 0.230. The molecule has 0 atom stereocenters. The van der Waals surface area contributed by atoms with E-state index in [1.165, 1.54) is 22.3 Å². The third-order valence-corrected chi connectivity index (χ3v) is 5.71. The van der Waals surface area contributed by atoms with Crippen LogP contribution in [0.2, 0.25) is 0 Å². The van der Waals surface area contributed by atoms with Gasteiger partial charge < -0.3 is 4.74 Å². The van der Waals surface area contributed by atoms with E-state index < -0.39 is 0 Å². The molecule has 1 aliphatic rings. The Morgan fingerprint density at radius 3 is 1.90 bits per heavy atom. The standard InChI is InChI=1S/C27H31NO/c1-20-15-16-25(24(17-20)27(2,3)4)29-23-18-28(19-23)26(21-11-7-5-8-12-21)22-13-9-6-10-14-22/h5-17,23,26H,18-19H2,1-4H3. The average Bonchev–Trinajstić information content (AvgIpc) is 2.68. The lowest BCUT2D eigenvalue weighted by Gasteiger charge is -2.44. The van der Waals surface area contributed by atoms with Crippen LogP contribution in [-0.2, 0) is 5.41 Å². The van der Waals surface area contributed by atoms with Crippen LogP contribution >= 0.6 is 0 Å². The number of rotatable bonds is 5. The molecule has 0 bridgehead atoms. The van der Waals surface area contributed by atoms with Crippen molar-refractivity contribution in [2.45, 2.75) is 45.3 Å². The van der Waals surface area contributed by atoms with Crippen LogP contribution in [0.25, 0.3) is 0 Å². The highest BCUT2D eigenvalue weighted by atomic mass is 16.5. The monoisotopic (exact) mass is 385 g/mol. The van der Waals surface area contributed by atoms with Crippen molar-refractivity contribution in [1.29, 1.82) is 0 Å². The molecule has 0 amide bonds. The summed E-state index contributed by atoms with van der Waals surface area (Å²) in [5.41, 5.74) is 5.32. The number of benzene rings is 3. The Balaban J connectivity index is 1.51. The lowest BCUT2D eigenvalue weighted by atomic mass is 9.85. The Labute approximate surface area is 175 Å². The zero-order chi connectivity index (χ0) is 20.4. The van der Waals surface area contributed by atoms with Crippen molar-refractivity contribution in [3.8, 4) is 5.75 Å². The number of nitrogens with zero attached hydrogens (tertiary/aromatic N) is 1. The van der Waals surface area contributed by atoms with Crippen molar-refractivity contribution in [1.82, 2.24) is 4.90 Å². The fourth-order valence-corrected chi connectivity index (χ4v) is 4.15. The fraction of sp³-hybridized carbons (Fsp3) is 0.333. The van der Waals surface area contributed by atoms with Gasteiger partial charge in [0.25, 0.3) is 0 Å². The Morgan fingerprint density at radius 1 is 0.828 bits per heavy atom. The summed E-state index contributed by atoms with van der Waals surface area (Å²) in [5, 5.41) is 0. The van der Waals surface area contributed by atoms with E-state index in [2.05, 4.69) is 111 Å². The molecule has 1 saturated heterocycles. The summed E-state index contributed by atoms with van der Waals surface area (Å²) in [7, 11) is 0. The molecule has 3 aromatic rings. The van der Waals surface area contributed by atoms with Gasteiger partial charge in [0.2, 0.25) is 0 Å². The van der Waals surface area contributed by atoms with Crippen LogP contribution in [0.1, 0.15) is 49.1 Å². The quantitative estimate of drug-likeness (QED) is 0.523. The highest BCUT2D eigenvalue weighted by Crippen LogP contribution is 2.36. The maximum atomic E-state index is 6.47. The van der Waals surface area contributed by atoms with Crippen LogP contribution in [0, 0.1) is 6.92 Å². The third kappa shape index (κ3) is 4.38. The molecular weight excluding hydrogens is 354 g/mol. The second kappa shape index (κ2) is 8.04. The normalized spacial score (nSPS) is 15.3. The van der Waals surface area contributed by atoms with Crippen LogP contribution < -0.4 is 4.74 Å². The summed E-state index contributed by atoms with van der Waals surface area (Å²) >= 11 is 0. The first kappa shape index (κ1) is 19.7. The van der Waals surface area contributed by atoms with Crippen molar-refractivity contribution in [2.24, 2.45) is 0 Å². The molecule has 0 N–H and O–H groups in total. The Hall–Kier alpha value is -2.58. The molecule has 0 radical (unpaired) electrons. The van der Waals surface area contributed by atoms with Gasteiger partial charge in [0, 0.05) is 13.1 Å². The topological polar surface area (TPSA) is 12.5 Å². The minimum absolute atomic E-state index is 0.0708. The second-order valence-corrected chi connectivity index (χ2v) is 9.17. The number of likely N-dealkylation sites (tertiary alicyclic amines) is 1. The van der Waals surface area contributed by atoms with Crippen molar-refractivity contribution >= 4 is 0 Å². The van der Waals surface area contributed by atoms with Crippen molar-refractivity contribution in [3.05, 3.63) is 101 Å². The summed E-state index contributed by atoms with van der Waals surface area (Å²) in [6, 6.07) is 28.4. The molecule has 0 unspecified atom stereocenters. The van der Waals surface area contributed by atoms with Gasteiger partial charge in [-0.1, -0.05) is 99.1 Å². The van der Waals surface area contributed by atoms with E-state index in [1.54, 1.807) is 0 Å². The van der Waals surface area contributed by atoms with Crippen LogP contribution in [-0.4, -0.2) is 24.1 Å². The van der Waals surface area contributed by atoms with Gasteiger partial charge in [-0.15, -0.1) is 0 Å². The van der Waals surface area contributed by atoms with Gasteiger partial charge in [0.05, 0.1) is 6.04 Å². The largest absolute Gasteiger partial charge is 0.487 e. The van der Waals surface area contributed by atoms with Crippen LogP contribution in [0.4, 0.5) is 0 Å².